The summed E-state index contributed by atoms with van der Waals surface area (Å²) in [5.74, 6) is 0.163. The molecule has 0 radical (unpaired) electrons. The lowest BCUT2D eigenvalue weighted by Crippen LogP contribution is -2.22. The Hall–Kier alpha value is -1.09. The zero-order chi connectivity index (χ0) is 9.97. The molecule has 3 heteroatoms. The van der Waals surface area contributed by atoms with Crippen LogP contribution in [-0.2, 0) is 16.0 Å². The molecule has 2 atom stereocenters. The third kappa shape index (κ3) is 2.04. The van der Waals surface area contributed by atoms with E-state index >= 15 is 0 Å². The number of Topliss-reactive ketones (excluding diaryl/α,β-unsaturated/α-hetero) is 1. The highest BCUT2D eigenvalue weighted by Gasteiger charge is 2.27. The second-order valence-corrected chi connectivity index (χ2v) is 3.79. The first-order valence-corrected chi connectivity index (χ1v) is 4.95. The van der Waals surface area contributed by atoms with Crippen LogP contribution in [0.4, 0.5) is 0 Å². The molecule has 0 spiro atoms. The minimum Gasteiger partial charge on any atom is -0.472 e. The molecule has 2 heterocycles. The lowest BCUT2D eigenvalue weighted by molar-refractivity contribution is -0.128. The molecule has 0 bridgehead atoms. The topological polar surface area (TPSA) is 39.4 Å². The molecule has 1 fully saturated rings. The van der Waals surface area contributed by atoms with Crippen LogP contribution in [0.15, 0.2) is 23.0 Å². The van der Waals surface area contributed by atoms with Crippen molar-refractivity contribution in [3.63, 3.8) is 0 Å². The summed E-state index contributed by atoms with van der Waals surface area (Å²) in [5.41, 5.74) is 0.929. The summed E-state index contributed by atoms with van der Waals surface area (Å²) in [6, 6.07) is 1.82. The highest BCUT2D eigenvalue weighted by molar-refractivity contribution is 5.85. The van der Waals surface area contributed by atoms with Gasteiger partial charge in [0.1, 0.15) is 6.10 Å². The number of hydrogen-bond acceptors (Lipinski definition) is 3. The van der Waals surface area contributed by atoms with Crippen LogP contribution in [0.5, 0.6) is 0 Å². The van der Waals surface area contributed by atoms with Crippen molar-refractivity contribution in [1.29, 1.82) is 0 Å². The molecule has 14 heavy (non-hydrogen) atoms. The third-order valence-corrected chi connectivity index (χ3v) is 2.55. The monoisotopic (exact) mass is 194 g/mol. The molecule has 76 valence electrons. The molecule has 2 unspecified atom stereocenters. The zero-order valence-corrected chi connectivity index (χ0v) is 8.23. The molecule has 1 aliphatic rings. The van der Waals surface area contributed by atoms with Gasteiger partial charge in [-0.3, -0.25) is 4.79 Å². The minimum absolute atomic E-state index is 0.163. The van der Waals surface area contributed by atoms with Crippen molar-refractivity contribution in [3.05, 3.63) is 24.2 Å². The first-order valence-electron chi connectivity index (χ1n) is 4.95. The van der Waals surface area contributed by atoms with Crippen LogP contribution in [0, 0.1) is 0 Å². The van der Waals surface area contributed by atoms with Gasteiger partial charge in [-0.25, -0.2) is 0 Å². The number of furan rings is 1. The Bertz CT molecular complexity index is 302. The first kappa shape index (κ1) is 9.46. The van der Waals surface area contributed by atoms with Gasteiger partial charge in [0.2, 0.25) is 0 Å². The quantitative estimate of drug-likeness (QED) is 0.738. The van der Waals surface area contributed by atoms with Crippen molar-refractivity contribution in [2.45, 2.75) is 38.4 Å². The van der Waals surface area contributed by atoms with E-state index in [9.17, 15) is 4.79 Å². The van der Waals surface area contributed by atoms with Gasteiger partial charge < -0.3 is 9.15 Å². The number of carbonyl (C=O) groups is 1. The van der Waals surface area contributed by atoms with Crippen molar-refractivity contribution in [3.8, 4) is 0 Å². The summed E-state index contributed by atoms with van der Waals surface area (Å²) in [6.07, 6.45) is 5.50. The molecule has 0 aliphatic carbocycles. The highest BCUT2D eigenvalue weighted by Crippen LogP contribution is 2.20. The fourth-order valence-corrected chi connectivity index (χ4v) is 1.75. The largest absolute Gasteiger partial charge is 0.472 e. The summed E-state index contributed by atoms with van der Waals surface area (Å²) in [5, 5.41) is 0. The Morgan fingerprint density at radius 2 is 2.43 bits per heavy atom. The van der Waals surface area contributed by atoms with Crippen molar-refractivity contribution in [1.82, 2.24) is 0 Å². The van der Waals surface area contributed by atoms with Gasteiger partial charge in [-0.05, 0) is 31.4 Å². The minimum atomic E-state index is -0.195. The van der Waals surface area contributed by atoms with Crippen LogP contribution in [0.2, 0.25) is 0 Å². The van der Waals surface area contributed by atoms with E-state index in [-0.39, 0.29) is 18.0 Å². The third-order valence-electron chi connectivity index (χ3n) is 2.55. The Morgan fingerprint density at radius 3 is 3.00 bits per heavy atom. The predicted octanol–water partition coefficient (Wildman–Crippen LogP) is 1.96. The van der Waals surface area contributed by atoms with Gasteiger partial charge in [-0.1, -0.05) is 0 Å². The summed E-state index contributed by atoms with van der Waals surface area (Å²) in [4.78, 5) is 11.7. The molecule has 0 N–H and O–H groups in total. The first-order chi connectivity index (χ1) is 6.75. The number of carbonyl (C=O) groups excluding carboxylic acids is 1. The second kappa shape index (κ2) is 3.96. The maximum atomic E-state index is 11.7. The maximum absolute atomic E-state index is 11.7. The predicted molar refractivity (Wildman–Crippen MR) is 51.0 cm³/mol. The van der Waals surface area contributed by atoms with Crippen LogP contribution in [0.25, 0.3) is 0 Å². The number of ketones is 1. The Labute approximate surface area is 83.0 Å². The molecule has 0 saturated carbocycles. The van der Waals surface area contributed by atoms with Crippen molar-refractivity contribution >= 4 is 5.78 Å². The van der Waals surface area contributed by atoms with E-state index in [1.165, 1.54) is 0 Å². The van der Waals surface area contributed by atoms with Crippen LogP contribution in [0.3, 0.4) is 0 Å². The summed E-state index contributed by atoms with van der Waals surface area (Å²) in [6.45, 7) is 2.01. The molecule has 2 rings (SSSR count). The smallest absolute Gasteiger partial charge is 0.166 e. The standard InChI is InChI=1S/C11H14O3/c1-8-2-3-11(14-8)10(12)6-9-4-5-13-7-9/h4-5,7-8,11H,2-3,6H2,1H3. The Kier molecular flexibility index (Phi) is 2.68. The van der Waals surface area contributed by atoms with Gasteiger partial charge in [0.25, 0.3) is 0 Å². The molecular weight excluding hydrogens is 180 g/mol. The van der Waals surface area contributed by atoms with E-state index in [4.69, 9.17) is 9.15 Å². The maximum Gasteiger partial charge on any atom is 0.166 e. The van der Waals surface area contributed by atoms with E-state index in [2.05, 4.69) is 0 Å². The van der Waals surface area contributed by atoms with E-state index in [1.807, 2.05) is 13.0 Å². The van der Waals surface area contributed by atoms with Crippen LogP contribution >= 0.6 is 0 Å². The average Bonchev–Trinajstić information content (AvgIpc) is 2.75. The second-order valence-electron chi connectivity index (χ2n) is 3.79. The molecular formula is C11H14O3. The average molecular weight is 194 g/mol. The molecule has 0 amide bonds. The van der Waals surface area contributed by atoms with Gasteiger partial charge in [0, 0.05) is 6.42 Å². The highest BCUT2D eigenvalue weighted by atomic mass is 16.5. The van der Waals surface area contributed by atoms with Crippen LogP contribution < -0.4 is 0 Å². The summed E-state index contributed by atoms with van der Waals surface area (Å²) in [7, 11) is 0. The SMILES string of the molecule is CC1CCC(C(=O)Cc2ccoc2)O1. The van der Waals surface area contributed by atoms with E-state index in [0.29, 0.717) is 6.42 Å². The normalized spacial score (nSPS) is 26.6. The fraction of sp³-hybridized carbons (Fsp3) is 0.545. The molecule has 1 aliphatic heterocycles. The molecule has 1 aromatic heterocycles. The van der Waals surface area contributed by atoms with Crippen LogP contribution in [-0.4, -0.2) is 18.0 Å². The lowest BCUT2D eigenvalue weighted by Gasteiger charge is -2.08. The van der Waals surface area contributed by atoms with E-state index in [1.54, 1.807) is 12.5 Å². The number of hydrogen-bond donors (Lipinski definition) is 0. The van der Waals surface area contributed by atoms with Crippen LogP contribution in [0.1, 0.15) is 25.3 Å². The van der Waals surface area contributed by atoms with Gasteiger partial charge >= 0.3 is 0 Å². The molecule has 1 saturated heterocycles. The molecule has 1 aromatic rings. The Morgan fingerprint density at radius 1 is 1.57 bits per heavy atom. The van der Waals surface area contributed by atoms with Crippen molar-refractivity contribution in [2.75, 3.05) is 0 Å². The Balaban J connectivity index is 1.90. The van der Waals surface area contributed by atoms with Crippen molar-refractivity contribution in [2.24, 2.45) is 0 Å². The number of rotatable bonds is 3. The van der Waals surface area contributed by atoms with Gasteiger partial charge in [-0.2, -0.15) is 0 Å². The van der Waals surface area contributed by atoms with E-state index in [0.717, 1.165) is 18.4 Å². The molecule has 0 aromatic carbocycles. The van der Waals surface area contributed by atoms with Gasteiger partial charge in [0.05, 0.1) is 18.6 Å². The van der Waals surface area contributed by atoms with Crippen molar-refractivity contribution < 1.29 is 13.9 Å². The number of ether oxygens (including phenoxy) is 1. The zero-order valence-electron chi connectivity index (χ0n) is 8.23. The fourth-order valence-electron chi connectivity index (χ4n) is 1.75. The summed E-state index contributed by atoms with van der Waals surface area (Å²) < 4.78 is 10.4. The van der Waals surface area contributed by atoms with Gasteiger partial charge in [0.15, 0.2) is 5.78 Å². The molecule has 3 nitrogen and oxygen atoms in total. The summed E-state index contributed by atoms with van der Waals surface area (Å²) >= 11 is 0. The van der Waals surface area contributed by atoms with E-state index < -0.39 is 0 Å². The lowest BCUT2D eigenvalue weighted by atomic mass is 10.1. The van der Waals surface area contributed by atoms with Gasteiger partial charge in [-0.15, -0.1) is 0 Å².